The Morgan fingerprint density at radius 1 is 1.23 bits per heavy atom. The number of benzene rings is 2. The molecule has 1 aliphatic rings. The van der Waals surface area contributed by atoms with E-state index in [0.717, 1.165) is 0 Å². The molecule has 1 heterocycles. The standard InChI is InChI=1S/C23H26N2O5/c1-6-12-25-16-11-10-15(13-19(16)30-14-23(2,3)22(25)27)24-21(26)20-17(28-4)8-7-9-18(20)29-5/h6-11,13H,1,12,14H2,2-5H3,(H,24,26). The lowest BCUT2D eigenvalue weighted by molar-refractivity contribution is -0.127. The second kappa shape index (κ2) is 8.49. The van der Waals surface area contributed by atoms with Gasteiger partial charge in [-0.1, -0.05) is 12.1 Å². The Morgan fingerprint density at radius 2 is 1.90 bits per heavy atom. The van der Waals surface area contributed by atoms with Gasteiger partial charge in [-0.05, 0) is 38.1 Å². The quantitative estimate of drug-likeness (QED) is 0.731. The Bertz CT molecular complexity index is 961. The van der Waals surface area contributed by atoms with E-state index in [0.29, 0.717) is 40.7 Å². The topological polar surface area (TPSA) is 77.1 Å². The van der Waals surface area contributed by atoms with Crippen molar-refractivity contribution in [1.82, 2.24) is 0 Å². The number of amides is 2. The Labute approximate surface area is 176 Å². The maximum absolute atomic E-state index is 12.9. The van der Waals surface area contributed by atoms with Gasteiger partial charge in [0.1, 0.15) is 29.4 Å². The first-order chi connectivity index (χ1) is 14.3. The maximum Gasteiger partial charge on any atom is 0.263 e. The van der Waals surface area contributed by atoms with Gasteiger partial charge in [-0.3, -0.25) is 9.59 Å². The number of hydrogen-bond donors (Lipinski definition) is 1. The first kappa shape index (κ1) is 21.2. The number of nitrogens with one attached hydrogen (secondary N) is 1. The molecule has 0 radical (unpaired) electrons. The zero-order valence-corrected chi connectivity index (χ0v) is 17.7. The lowest BCUT2D eigenvalue weighted by Gasteiger charge is -2.27. The van der Waals surface area contributed by atoms with E-state index in [1.165, 1.54) is 14.2 Å². The van der Waals surface area contributed by atoms with Crippen molar-refractivity contribution < 1.29 is 23.8 Å². The van der Waals surface area contributed by atoms with Crippen LogP contribution in [0.3, 0.4) is 0 Å². The van der Waals surface area contributed by atoms with Crippen LogP contribution >= 0.6 is 0 Å². The lowest BCUT2D eigenvalue weighted by atomic mass is 9.93. The number of carbonyl (C=O) groups excluding carboxylic acids is 2. The van der Waals surface area contributed by atoms with E-state index in [1.807, 2.05) is 13.8 Å². The number of nitrogens with zero attached hydrogens (tertiary/aromatic N) is 1. The first-order valence-electron chi connectivity index (χ1n) is 9.54. The molecule has 0 spiro atoms. The zero-order chi connectivity index (χ0) is 21.9. The number of fused-ring (bicyclic) bond motifs is 1. The van der Waals surface area contributed by atoms with Crippen LogP contribution in [0.5, 0.6) is 17.2 Å². The third-order valence-electron chi connectivity index (χ3n) is 4.89. The summed E-state index contributed by atoms with van der Waals surface area (Å²) >= 11 is 0. The summed E-state index contributed by atoms with van der Waals surface area (Å²) in [5.41, 5.74) is 0.773. The van der Waals surface area contributed by atoms with E-state index in [9.17, 15) is 9.59 Å². The van der Waals surface area contributed by atoms with Gasteiger partial charge in [-0.15, -0.1) is 6.58 Å². The number of anilines is 2. The highest BCUT2D eigenvalue weighted by Gasteiger charge is 2.37. The third kappa shape index (κ3) is 3.96. The van der Waals surface area contributed by atoms with E-state index < -0.39 is 5.41 Å². The highest BCUT2D eigenvalue weighted by molar-refractivity contribution is 6.08. The van der Waals surface area contributed by atoms with Crippen molar-refractivity contribution in [2.45, 2.75) is 13.8 Å². The van der Waals surface area contributed by atoms with Crippen molar-refractivity contribution in [2.75, 3.05) is 37.6 Å². The van der Waals surface area contributed by atoms with Crippen molar-refractivity contribution >= 4 is 23.2 Å². The minimum absolute atomic E-state index is 0.0447. The van der Waals surface area contributed by atoms with Crippen LogP contribution in [0.25, 0.3) is 0 Å². The summed E-state index contributed by atoms with van der Waals surface area (Å²) in [6.45, 7) is 8.02. The van der Waals surface area contributed by atoms with Gasteiger partial charge in [0.2, 0.25) is 5.91 Å². The monoisotopic (exact) mass is 410 g/mol. The molecule has 1 aliphatic heterocycles. The summed E-state index contributed by atoms with van der Waals surface area (Å²) in [7, 11) is 2.99. The van der Waals surface area contributed by atoms with Crippen LogP contribution in [-0.4, -0.2) is 39.2 Å². The van der Waals surface area contributed by atoms with Crippen molar-refractivity contribution in [3.63, 3.8) is 0 Å². The molecule has 2 aromatic carbocycles. The van der Waals surface area contributed by atoms with Crippen LogP contribution in [-0.2, 0) is 4.79 Å². The van der Waals surface area contributed by atoms with Gasteiger partial charge in [0.15, 0.2) is 0 Å². The normalized spacial score (nSPS) is 14.8. The molecule has 0 unspecified atom stereocenters. The number of carbonyl (C=O) groups is 2. The minimum Gasteiger partial charge on any atom is -0.496 e. The van der Waals surface area contributed by atoms with Gasteiger partial charge >= 0.3 is 0 Å². The Morgan fingerprint density at radius 3 is 2.50 bits per heavy atom. The van der Waals surface area contributed by atoms with Crippen LogP contribution in [0.15, 0.2) is 49.1 Å². The van der Waals surface area contributed by atoms with Crippen LogP contribution in [0.4, 0.5) is 11.4 Å². The molecule has 0 saturated carbocycles. The first-order valence-corrected chi connectivity index (χ1v) is 9.54. The fraction of sp³-hybridized carbons (Fsp3) is 0.304. The molecule has 7 nitrogen and oxygen atoms in total. The van der Waals surface area contributed by atoms with Gasteiger partial charge in [0.25, 0.3) is 5.91 Å². The number of ether oxygens (including phenoxy) is 3. The zero-order valence-electron chi connectivity index (χ0n) is 17.7. The fourth-order valence-corrected chi connectivity index (χ4v) is 3.30. The van der Waals surface area contributed by atoms with Crippen molar-refractivity contribution in [3.8, 4) is 17.2 Å². The van der Waals surface area contributed by atoms with Crippen LogP contribution < -0.4 is 24.4 Å². The van der Waals surface area contributed by atoms with Crippen LogP contribution in [0.1, 0.15) is 24.2 Å². The fourth-order valence-electron chi connectivity index (χ4n) is 3.30. The maximum atomic E-state index is 12.9. The predicted molar refractivity (Wildman–Crippen MR) is 116 cm³/mol. The Balaban J connectivity index is 1.94. The predicted octanol–water partition coefficient (Wildman–Crippen LogP) is 3.89. The summed E-state index contributed by atoms with van der Waals surface area (Å²) in [4.78, 5) is 27.5. The molecule has 158 valence electrons. The molecule has 30 heavy (non-hydrogen) atoms. The average Bonchev–Trinajstić information content (AvgIpc) is 2.83. The summed E-state index contributed by atoms with van der Waals surface area (Å²) in [6, 6.07) is 10.3. The van der Waals surface area contributed by atoms with Gasteiger partial charge in [0.05, 0.1) is 25.3 Å². The molecule has 1 N–H and O–H groups in total. The molecule has 0 atom stereocenters. The largest absolute Gasteiger partial charge is 0.496 e. The number of hydrogen-bond acceptors (Lipinski definition) is 5. The highest BCUT2D eigenvalue weighted by Crippen LogP contribution is 2.38. The molecule has 0 saturated heterocycles. The molecule has 0 aromatic heterocycles. The molecule has 2 aromatic rings. The molecule has 2 amide bonds. The van der Waals surface area contributed by atoms with Crippen LogP contribution in [0, 0.1) is 5.41 Å². The van der Waals surface area contributed by atoms with E-state index in [1.54, 1.807) is 47.4 Å². The summed E-state index contributed by atoms with van der Waals surface area (Å²) in [6.07, 6.45) is 1.67. The van der Waals surface area contributed by atoms with Crippen molar-refractivity contribution in [1.29, 1.82) is 0 Å². The number of rotatable bonds is 6. The summed E-state index contributed by atoms with van der Waals surface area (Å²) < 4.78 is 16.6. The van der Waals surface area contributed by atoms with E-state index in [2.05, 4.69) is 11.9 Å². The smallest absolute Gasteiger partial charge is 0.263 e. The van der Waals surface area contributed by atoms with Gasteiger partial charge in [-0.2, -0.15) is 0 Å². The molecule has 0 aliphatic carbocycles. The van der Waals surface area contributed by atoms with E-state index >= 15 is 0 Å². The highest BCUT2D eigenvalue weighted by atomic mass is 16.5. The third-order valence-corrected chi connectivity index (χ3v) is 4.89. The molecule has 3 rings (SSSR count). The summed E-state index contributed by atoms with van der Waals surface area (Å²) in [5.74, 6) is 0.902. The second-order valence-corrected chi connectivity index (χ2v) is 7.55. The summed E-state index contributed by atoms with van der Waals surface area (Å²) in [5, 5.41) is 2.85. The van der Waals surface area contributed by atoms with E-state index in [4.69, 9.17) is 14.2 Å². The van der Waals surface area contributed by atoms with Crippen molar-refractivity contribution in [2.24, 2.45) is 5.41 Å². The van der Waals surface area contributed by atoms with Gasteiger partial charge < -0.3 is 24.4 Å². The molecule has 0 fully saturated rings. The SMILES string of the molecule is C=CCN1C(=O)C(C)(C)COc2cc(NC(=O)c3c(OC)cccc3OC)ccc21. The lowest BCUT2D eigenvalue weighted by Crippen LogP contribution is -2.42. The average molecular weight is 410 g/mol. The van der Waals surface area contributed by atoms with Crippen LogP contribution in [0.2, 0.25) is 0 Å². The van der Waals surface area contributed by atoms with E-state index in [-0.39, 0.29) is 18.4 Å². The van der Waals surface area contributed by atoms with Gasteiger partial charge in [0, 0.05) is 18.3 Å². The molecule has 7 heteroatoms. The Kier molecular flexibility index (Phi) is 6.01. The molecular formula is C23H26N2O5. The number of methoxy groups -OCH3 is 2. The Hall–Kier alpha value is -3.48. The van der Waals surface area contributed by atoms with Gasteiger partial charge in [-0.25, -0.2) is 0 Å². The minimum atomic E-state index is -0.684. The second-order valence-electron chi connectivity index (χ2n) is 7.55. The van der Waals surface area contributed by atoms with Crippen molar-refractivity contribution in [3.05, 3.63) is 54.6 Å². The molecular weight excluding hydrogens is 384 g/mol. The molecule has 0 bridgehead atoms.